The summed E-state index contributed by atoms with van der Waals surface area (Å²) >= 11 is 0. The second-order valence-electron chi connectivity index (χ2n) is 5.81. The maximum absolute atomic E-state index is 12.9. The van der Waals surface area contributed by atoms with Gasteiger partial charge in [0, 0.05) is 30.5 Å². The number of rotatable bonds is 3. The summed E-state index contributed by atoms with van der Waals surface area (Å²) in [6, 6.07) is 11.9. The first-order chi connectivity index (χ1) is 11.3. The fraction of sp³-hybridized carbons (Fsp3) is 0.278. The molecule has 1 aromatic carbocycles. The molecule has 2 aliphatic rings. The second kappa shape index (κ2) is 6.02. The molecule has 0 bridgehead atoms. The van der Waals surface area contributed by atoms with E-state index in [1.54, 1.807) is 0 Å². The molecular formula is C18H19N3O2. The first-order valence-electron chi connectivity index (χ1n) is 7.89. The van der Waals surface area contributed by atoms with Crippen molar-refractivity contribution in [1.29, 1.82) is 0 Å². The van der Waals surface area contributed by atoms with E-state index in [4.69, 9.17) is 4.74 Å². The van der Waals surface area contributed by atoms with Crippen molar-refractivity contribution in [2.45, 2.75) is 0 Å². The summed E-state index contributed by atoms with van der Waals surface area (Å²) in [7, 11) is 0. The predicted octanol–water partition coefficient (Wildman–Crippen LogP) is 2.19. The first kappa shape index (κ1) is 14.2. The fourth-order valence-electron chi connectivity index (χ4n) is 3.12. The Hall–Kier alpha value is -2.37. The highest BCUT2D eigenvalue weighted by atomic mass is 16.5. The molecule has 1 fully saturated rings. The summed E-state index contributed by atoms with van der Waals surface area (Å²) in [6.07, 6.45) is 3.80. The van der Waals surface area contributed by atoms with Crippen molar-refractivity contribution in [2.24, 2.45) is 0 Å². The van der Waals surface area contributed by atoms with Gasteiger partial charge in [-0.05, 0) is 24.3 Å². The van der Waals surface area contributed by atoms with Crippen LogP contribution in [0.1, 0.15) is 11.3 Å². The molecular weight excluding hydrogens is 290 g/mol. The van der Waals surface area contributed by atoms with E-state index in [0.29, 0.717) is 6.67 Å². The van der Waals surface area contributed by atoms with Gasteiger partial charge in [0.05, 0.1) is 31.1 Å². The van der Waals surface area contributed by atoms with Crippen molar-refractivity contribution in [2.75, 3.05) is 37.9 Å². The second-order valence-corrected chi connectivity index (χ2v) is 5.81. The summed E-state index contributed by atoms with van der Waals surface area (Å²) in [6.45, 7) is 3.80. The third-order valence-corrected chi connectivity index (χ3v) is 4.33. The van der Waals surface area contributed by atoms with E-state index in [1.807, 2.05) is 53.6 Å². The van der Waals surface area contributed by atoms with Crippen LogP contribution in [0.4, 0.5) is 5.69 Å². The monoisotopic (exact) mass is 309 g/mol. The molecule has 0 unspecified atom stereocenters. The number of nitrogens with zero attached hydrogens (tertiary/aromatic N) is 2. The fourth-order valence-corrected chi connectivity index (χ4v) is 3.12. The smallest absolute Gasteiger partial charge is 0.260 e. The number of aromatic nitrogens is 1. The van der Waals surface area contributed by atoms with Crippen LogP contribution in [0.5, 0.6) is 0 Å². The first-order valence-corrected chi connectivity index (χ1v) is 7.89. The van der Waals surface area contributed by atoms with Gasteiger partial charge in [0.1, 0.15) is 0 Å². The SMILES string of the molecule is O=C1/C(=C\c2ccc[nH]2)c2ccccc2N1CN1CCOCC1. The van der Waals surface area contributed by atoms with Crippen LogP contribution in [0.2, 0.25) is 0 Å². The summed E-state index contributed by atoms with van der Waals surface area (Å²) in [5.41, 5.74) is 3.68. The van der Waals surface area contributed by atoms with E-state index in [1.165, 1.54) is 0 Å². The van der Waals surface area contributed by atoms with E-state index in [0.717, 1.165) is 48.8 Å². The predicted molar refractivity (Wildman–Crippen MR) is 89.9 cm³/mol. The molecule has 4 rings (SSSR count). The van der Waals surface area contributed by atoms with Crippen LogP contribution in [0.15, 0.2) is 42.6 Å². The highest BCUT2D eigenvalue weighted by Gasteiger charge is 2.33. The number of fused-ring (bicyclic) bond motifs is 1. The molecule has 2 aromatic rings. The van der Waals surface area contributed by atoms with Gasteiger partial charge in [-0.1, -0.05) is 18.2 Å². The number of aromatic amines is 1. The molecule has 1 N–H and O–H groups in total. The number of benzene rings is 1. The van der Waals surface area contributed by atoms with Gasteiger partial charge in [-0.2, -0.15) is 0 Å². The molecule has 1 saturated heterocycles. The zero-order chi connectivity index (χ0) is 15.6. The number of carbonyl (C=O) groups is 1. The lowest BCUT2D eigenvalue weighted by Crippen LogP contribution is -2.45. The minimum atomic E-state index is 0.0623. The molecule has 2 aliphatic heterocycles. The number of hydrogen-bond donors (Lipinski definition) is 1. The lowest BCUT2D eigenvalue weighted by atomic mass is 10.1. The summed E-state index contributed by atoms with van der Waals surface area (Å²) < 4.78 is 5.39. The number of morpholine rings is 1. The van der Waals surface area contributed by atoms with Crippen LogP contribution in [-0.2, 0) is 9.53 Å². The quantitative estimate of drug-likeness (QED) is 0.884. The number of H-pyrrole nitrogens is 1. The maximum atomic E-state index is 12.9. The van der Waals surface area contributed by atoms with Crippen molar-refractivity contribution in [3.8, 4) is 0 Å². The van der Waals surface area contributed by atoms with Gasteiger partial charge in [-0.3, -0.25) is 14.6 Å². The topological polar surface area (TPSA) is 48.6 Å². The van der Waals surface area contributed by atoms with E-state index in [-0.39, 0.29) is 5.91 Å². The molecule has 5 heteroatoms. The van der Waals surface area contributed by atoms with Crippen LogP contribution < -0.4 is 4.90 Å². The Labute approximate surface area is 135 Å². The summed E-state index contributed by atoms with van der Waals surface area (Å²) in [4.78, 5) is 20.2. The van der Waals surface area contributed by atoms with E-state index in [9.17, 15) is 4.79 Å². The highest BCUT2D eigenvalue weighted by molar-refractivity contribution is 6.35. The number of nitrogens with one attached hydrogen (secondary N) is 1. The van der Waals surface area contributed by atoms with E-state index in [2.05, 4.69) is 9.88 Å². The number of para-hydroxylation sites is 1. The molecule has 0 atom stereocenters. The lowest BCUT2D eigenvalue weighted by Gasteiger charge is -2.30. The number of carbonyl (C=O) groups excluding carboxylic acids is 1. The number of anilines is 1. The third kappa shape index (κ3) is 2.69. The molecule has 1 amide bonds. The van der Waals surface area contributed by atoms with Crippen LogP contribution >= 0.6 is 0 Å². The van der Waals surface area contributed by atoms with Crippen molar-refractivity contribution in [3.05, 3.63) is 53.9 Å². The van der Waals surface area contributed by atoms with Gasteiger partial charge in [0.2, 0.25) is 0 Å². The number of ether oxygens (including phenoxy) is 1. The maximum Gasteiger partial charge on any atom is 0.260 e. The van der Waals surface area contributed by atoms with Gasteiger partial charge in [-0.25, -0.2) is 0 Å². The van der Waals surface area contributed by atoms with E-state index >= 15 is 0 Å². The van der Waals surface area contributed by atoms with Crippen LogP contribution in [0.3, 0.4) is 0 Å². The average Bonchev–Trinajstić information content (AvgIpc) is 3.19. The third-order valence-electron chi connectivity index (χ3n) is 4.33. The van der Waals surface area contributed by atoms with Crippen molar-refractivity contribution >= 4 is 23.2 Å². The van der Waals surface area contributed by atoms with Gasteiger partial charge < -0.3 is 9.72 Å². The largest absolute Gasteiger partial charge is 0.379 e. The molecule has 0 spiro atoms. The minimum absolute atomic E-state index is 0.0623. The van der Waals surface area contributed by atoms with Crippen LogP contribution in [-0.4, -0.2) is 48.8 Å². The Morgan fingerprint density at radius 1 is 1.13 bits per heavy atom. The zero-order valence-corrected chi connectivity index (χ0v) is 12.9. The molecule has 5 nitrogen and oxygen atoms in total. The van der Waals surface area contributed by atoms with Gasteiger partial charge in [0.25, 0.3) is 5.91 Å². The van der Waals surface area contributed by atoms with E-state index < -0.39 is 0 Å². The normalized spacial score (nSPS) is 20.3. The Balaban J connectivity index is 1.67. The summed E-state index contributed by atoms with van der Waals surface area (Å²) in [5.74, 6) is 0.0623. The Morgan fingerprint density at radius 2 is 1.96 bits per heavy atom. The summed E-state index contributed by atoms with van der Waals surface area (Å²) in [5, 5.41) is 0. The molecule has 23 heavy (non-hydrogen) atoms. The van der Waals surface area contributed by atoms with Gasteiger partial charge in [0.15, 0.2) is 0 Å². The Kier molecular flexibility index (Phi) is 3.73. The lowest BCUT2D eigenvalue weighted by molar-refractivity contribution is -0.113. The zero-order valence-electron chi connectivity index (χ0n) is 12.9. The molecule has 118 valence electrons. The number of amides is 1. The van der Waals surface area contributed by atoms with Gasteiger partial charge >= 0.3 is 0 Å². The molecule has 0 saturated carbocycles. The standard InChI is InChI=1S/C18H19N3O2/c22-18-16(12-14-4-3-7-19-14)15-5-1-2-6-17(15)21(18)13-20-8-10-23-11-9-20/h1-7,12,19H,8-11,13H2/b16-12-. The molecule has 1 aromatic heterocycles. The van der Waals surface area contributed by atoms with Crippen molar-refractivity contribution in [3.63, 3.8) is 0 Å². The Bertz CT molecular complexity index is 730. The van der Waals surface area contributed by atoms with Crippen molar-refractivity contribution < 1.29 is 9.53 Å². The van der Waals surface area contributed by atoms with Crippen molar-refractivity contribution in [1.82, 2.24) is 9.88 Å². The highest BCUT2D eigenvalue weighted by Crippen LogP contribution is 2.37. The van der Waals surface area contributed by atoms with Crippen LogP contribution in [0.25, 0.3) is 11.6 Å². The molecule has 0 aliphatic carbocycles. The molecule has 0 radical (unpaired) electrons. The average molecular weight is 309 g/mol. The Morgan fingerprint density at radius 3 is 2.74 bits per heavy atom. The molecule has 3 heterocycles. The number of hydrogen-bond acceptors (Lipinski definition) is 3. The van der Waals surface area contributed by atoms with Crippen LogP contribution in [0, 0.1) is 0 Å². The minimum Gasteiger partial charge on any atom is -0.379 e. The van der Waals surface area contributed by atoms with Gasteiger partial charge in [-0.15, -0.1) is 0 Å².